The molecule has 1 N–H and O–H groups in total. The van der Waals surface area contributed by atoms with Crippen LogP contribution < -0.4 is 5.32 Å². The summed E-state index contributed by atoms with van der Waals surface area (Å²) in [5.74, 6) is -0.429. The quantitative estimate of drug-likeness (QED) is 0.447. The molecule has 0 amide bonds. The van der Waals surface area contributed by atoms with Gasteiger partial charge in [-0.25, -0.2) is 4.39 Å². The standard InChI is InChI=1S/C14H16FN3O2S2/c1-2-3-8-20-12(19)9-21-14-18-17-13(22-14)16-11-7-5-4-6-10(11)15/h4-7H,2-3,8-9H2,1H3,(H,16,17). The lowest BCUT2D eigenvalue weighted by molar-refractivity contribution is -0.140. The van der Waals surface area contributed by atoms with Crippen molar-refractivity contribution in [2.45, 2.75) is 24.1 Å². The van der Waals surface area contributed by atoms with E-state index in [1.54, 1.807) is 18.2 Å². The van der Waals surface area contributed by atoms with Crippen LogP contribution in [-0.4, -0.2) is 28.5 Å². The molecule has 2 aromatic rings. The van der Waals surface area contributed by atoms with Crippen molar-refractivity contribution in [3.05, 3.63) is 30.1 Å². The number of benzene rings is 1. The van der Waals surface area contributed by atoms with Gasteiger partial charge in [-0.05, 0) is 18.6 Å². The van der Waals surface area contributed by atoms with Gasteiger partial charge in [0.05, 0.1) is 18.0 Å². The van der Waals surface area contributed by atoms with E-state index < -0.39 is 0 Å². The molecule has 0 atom stereocenters. The minimum Gasteiger partial charge on any atom is -0.465 e. The molecule has 0 radical (unpaired) electrons. The van der Waals surface area contributed by atoms with E-state index in [9.17, 15) is 9.18 Å². The van der Waals surface area contributed by atoms with E-state index >= 15 is 0 Å². The van der Waals surface area contributed by atoms with Crippen molar-refractivity contribution in [3.63, 3.8) is 0 Å². The number of hydrogen-bond donors (Lipinski definition) is 1. The molecule has 0 saturated carbocycles. The van der Waals surface area contributed by atoms with Gasteiger partial charge in [-0.2, -0.15) is 0 Å². The number of halogens is 1. The lowest BCUT2D eigenvalue weighted by atomic mass is 10.3. The van der Waals surface area contributed by atoms with Gasteiger partial charge in [-0.3, -0.25) is 4.79 Å². The lowest BCUT2D eigenvalue weighted by Gasteiger charge is -2.02. The summed E-state index contributed by atoms with van der Waals surface area (Å²) in [7, 11) is 0. The number of carbonyl (C=O) groups excluding carboxylic acids is 1. The number of esters is 1. The summed E-state index contributed by atoms with van der Waals surface area (Å²) in [6, 6.07) is 6.33. The molecule has 1 heterocycles. The first-order valence-electron chi connectivity index (χ1n) is 6.82. The van der Waals surface area contributed by atoms with Gasteiger partial charge in [-0.15, -0.1) is 10.2 Å². The topological polar surface area (TPSA) is 64.1 Å². The van der Waals surface area contributed by atoms with E-state index in [0.717, 1.165) is 12.8 Å². The maximum absolute atomic E-state index is 13.5. The Kier molecular flexibility index (Phi) is 6.60. The van der Waals surface area contributed by atoms with Crippen LogP contribution in [-0.2, 0) is 9.53 Å². The molecule has 1 aromatic carbocycles. The molecule has 118 valence electrons. The molecule has 0 aliphatic carbocycles. The maximum Gasteiger partial charge on any atom is 0.316 e. The summed E-state index contributed by atoms with van der Waals surface area (Å²) in [6.07, 6.45) is 1.85. The summed E-state index contributed by atoms with van der Waals surface area (Å²) in [6.45, 7) is 2.49. The van der Waals surface area contributed by atoms with Gasteiger partial charge < -0.3 is 10.1 Å². The molecule has 0 unspecified atom stereocenters. The Balaban J connectivity index is 1.82. The number of hydrogen-bond acceptors (Lipinski definition) is 7. The van der Waals surface area contributed by atoms with E-state index in [4.69, 9.17) is 4.74 Å². The van der Waals surface area contributed by atoms with Crippen molar-refractivity contribution in [1.29, 1.82) is 0 Å². The third-order valence-corrected chi connectivity index (χ3v) is 4.54. The van der Waals surface area contributed by atoms with Crippen LogP contribution in [0, 0.1) is 5.82 Å². The smallest absolute Gasteiger partial charge is 0.316 e. The molecule has 0 saturated heterocycles. The molecule has 22 heavy (non-hydrogen) atoms. The minimum absolute atomic E-state index is 0.193. The molecule has 0 fully saturated rings. The highest BCUT2D eigenvalue weighted by Crippen LogP contribution is 2.28. The third-order valence-electron chi connectivity index (χ3n) is 2.60. The number of anilines is 2. The average molecular weight is 341 g/mol. The van der Waals surface area contributed by atoms with Gasteiger partial charge in [0.15, 0.2) is 4.34 Å². The predicted molar refractivity (Wildman–Crippen MR) is 86.2 cm³/mol. The summed E-state index contributed by atoms with van der Waals surface area (Å²) in [4.78, 5) is 11.5. The number of para-hydroxylation sites is 1. The van der Waals surface area contributed by atoms with Gasteiger partial charge in [-0.1, -0.05) is 48.6 Å². The molecular weight excluding hydrogens is 325 g/mol. The van der Waals surface area contributed by atoms with E-state index in [0.29, 0.717) is 21.8 Å². The number of aromatic nitrogens is 2. The van der Waals surface area contributed by atoms with Crippen LogP contribution in [0.4, 0.5) is 15.2 Å². The Morgan fingerprint density at radius 1 is 1.41 bits per heavy atom. The number of thioether (sulfide) groups is 1. The Morgan fingerprint density at radius 3 is 3.00 bits per heavy atom. The second kappa shape index (κ2) is 8.70. The molecule has 5 nitrogen and oxygen atoms in total. The molecule has 2 rings (SSSR count). The van der Waals surface area contributed by atoms with Crippen LogP contribution >= 0.6 is 23.1 Å². The van der Waals surface area contributed by atoms with Crippen molar-refractivity contribution >= 4 is 39.9 Å². The summed E-state index contributed by atoms with van der Waals surface area (Å²) >= 11 is 2.52. The highest BCUT2D eigenvalue weighted by molar-refractivity contribution is 8.01. The Morgan fingerprint density at radius 2 is 2.23 bits per heavy atom. The SMILES string of the molecule is CCCCOC(=O)CSc1nnc(Nc2ccccc2F)s1. The van der Waals surface area contributed by atoms with Crippen LogP contribution in [0.2, 0.25) is 0 Å². The average Bonchev–Trinajstić information content (AvgIpc) is 2.95. The van der Waals surface area contributed by atoms with Gasteiger partial charge in [0.1, 0.15) is 5.82 Å². The number of nitrogens with zero attached hydrogens (tertiary/aromatic N) is 2. The zero-order chi connectivity index (χ0) is 15.8. The van der Waals surface area contributed by atoms with E-state index in [1.165, 1.54) is 29.2 Å². The summed E-state index contributed by atoms with van der Waals surface area (Å²) < 4.78 is 19.2. The number of ether oxygens (including phenoxy) is 1. The van der Waals surface area contributed by atoms with Crippen LogP contribution in [0.3, 0.4) is 0 Å². The predicted octanol–water partition coefficient (Wildman–Crippen LogP) is 3.86. The van der Waals surface area contributed by atoms with Gasteiger partial charge in [0.25, 0.3) is 0 Å². The number of rotatable bonds is 8. The highest BCUT2D eigenvalue weighted by atomic mass is 32.2. The van der Waals surface area contributed by atoms with Crippen molar-refractivity contribution in [2.24, 2.45) is 0 Å². The fraction of sp³-hybridized carbons (Fsp3) is 0.357. The zero-order valence-corrected chi connectivity index (χ0v) is 13.7. The third kappa shape index (κ3) is 5.27. The van der Waals surface area contributed by atoms with Crippen LogP contribution in [0.15, 0.2) is 28.6 Å². The normalized spacial score (nSPS) is 10.5. The highest BCUT2D eigenvalue weighted by Gasteiger charge is 2.10. The zero-order valence-electron chi connectivity index (χ0n) is 12.0. The van der Waals surface area contributed by atoms with E-state index in [-0.39, 0.29) is 17.5 Å². The minimum atomic E-state index is -0.355. The van der Waals surface area contributed by atoms with Gasteiger partial charge >= 0.3 is 5.97 Å². The van der Waals surface area contributed by atoms with Gasteiger partial charge in [0, 0.05) is 0 Å². The molecule has 1 aromatic heterocycles. The molecule has 0 bridgehead atoms. The lowest BCUT2D eigenvalue weighted by Crippen LogP contribution is -2.08. The molecule has 0 aliphatic rings. The fourth-order valence-corrected chi connectivity index (χ4v) is 3.05. The first-order valence-corrected chi connectivity index (χ1v) is 8.62. The maximum atomic E-state index is 13.5. The van der Waals surface area contributed by atoms with Crippen LogP contribution in [0.5, 0.6) is 0 Å². The van der Waals surface area contributed by atoms with Crippen molar-refractivity contribution in [2.75, 3.05) is 17.7 Å². The Labute approximate surface area is 136 Å². The van der Waals surface area contributed by atoms with Crippen molar-refractivity contribution < 1.29 is 13.9 Å². The molecule has 0 spiro atoms. The monoisotopic (exact) mass is 341 g/mol. The van der Waals surface area contributed by atoms with Crippen molar-refractivity contribution in [3.8, 4) is 0 Å². The first kappa shape index (κ1) is 16.7. The van der Waals surface area contributed by atoms with E-state index in [1.807, 2.05) is 6.92 Å². The van der Waals surface area contributed by atoms with E-state index in [2.05, 4.69) is 15.5 Å². The molecule has 8 heteroatoms. The second-order valence-electron chi connectivity index (χ2n) is 4.34. The van der Waals surface area contributed by atoms with Crippen molar-refractivity contribution in [1.82, 2.24) is 10.2 Å². The molecular formula is C14H16FN3O2S2. The largest absolute Gasteiger partial charge is 0.465 e. The second-order valence-corrected chi connectivity index (χ2v) is 6.54. The number of carbonyl (C=O) groups is 1. The van der Waals surface area contributed by atoms with Gasteiger partial charge in [0.2, 0.25) is 5.13 Å². The fourth-order valence-electron chi connectivity index (χ4n) is 1.49. The first-order chi connectivity index (χ1) is 10.7. The summed E-state index contributed by atoms with van der Waals surface area (Å²) in [5, 5.41) is 11.2. The van der Waals surface area contributed by atoms with Crippen LogP contribution in [0.25, 0.3) is 0 Å². The Hall–Kier alpha value is -1.67. The number of nitrogens with one attached hydrogen (secondary N) is 1. The molecule has 0 aliphatic heterocycles. The summed E-state index contributed by atoms with van der Waals surface area (Å²) in [5.41, 5.74) is 0.342. The number of unbranched alkanes of at least 4 members (excludes halogenated alkanes) is 1. The Bertz CT molecular complexity index is 622. The van der Waals surface area contributed by atoms with Crippen LogP contribution in [0.1, 0.15) is 19.8 Å².